The Kier molecular flexibility index (Phi) is 7.53. The number of aliphatic hydroxyl groups excluding tert-OH is 1. The quantitative estimate of drug-likeness (QED) is 0.459. The number of rotatable bonds is 10. The third-order valence-electron chi connectivity index (χ3n) is 5.31. The van der Waals surface area contributed by atoms with E-state index < -0.39 is 0 Å². The second-order valence-corrected chi connectivity index (χ2v) is 7.81. The molecule has 156 valence electrons. The summed E-state index contributed by atoms with van der Waals surface area (Å²) in [5.74, 6) is 0.811. The minimum atomic E-state index is 0.209. The van der Waals surface area contributed by atoms with Crippen molar-refractivity contribution >= 4 is 39.1 Å². The molecular formula is C23H30ClN3O2. The first-order chi connectivity index (χ1) is 14.0. The first-order valence-electron chi connectivity index (χ1n) is 10.2. The summed E-state index contributed by atoms with van der Waals surface area (Å²) in [7, 11) is 1.68. The molecule has 1 unspecified atom stereocenters. The zero-order chi connectivity index (χ0) is 20.8. The molecule has 6 heteroatoms. The van der Waals surface area contributed by atoms with Crippen LogP contribution in [0.25, 0.3) is 21.8 Å². The minimum absolute atomic E-state index is 0.209. The summed E-state index contributed by atoms with van der Waals surface area (Å²) in [6, 6.07) is 12.1. The van der Waals surface area contributed by atoms with Crippen molar-refractivity contribution in [1.82, 2.24) is 9.88 Å². The van der Waals surface area contributed by atoms with Gasteiger partial charge in [0.15, 0.2) is 0 Å². The van der Waals surface area contributed by atoms with Crippen molar-refractivity contribution in [3.8, 4) is 5.75 Å². The number of likely N-dealkylation sites (N-methyl/N-ethyl adjacent to an activating group) is 1. The number of hydrogen-bond donors (Lipinski definition) is 2. The predicted molar refractivity (Wildman–Crippen MR) is 122 cm³/mol. The Morgan fingerprint density at radius 2 is 1.97 bits per heavy atom. The van der Waals surface area contributed by atoms with Gasteiger partial charge in [0.25, 0.3) is 0 Å². The molecule has 0 radical (unpaired) electrons. The van der Waals surface area contributed by atoms with Gasteiger partial charge in [-0.1, -0.05) is 18.5 Å². The Bertz CT molecular complexity index is 964. The molecule has 0 aliphatic carbocycles. The SMILES string of the molecule is CCN(CCO)CCCC(C)Nc1c2ccc(Cl)cc2nc2ccc(OC)cc12. The zero-order valence-corrected chi connectivity index (χ0v) is 18.2. The second kappa shape index (κ2) is 10.1. The number of methoxy groups -OCH3 is 1. The van der Waals surface area contributed by atoms with Crippen molar-refractivity contribution in [1.29, 1.82) is 0 Å². The normalized spacial score (nSPS) is 12.6. The van der Waals surface area contributed by atoms with Gasteiger partial charge in [-0.3, -0.25) is 0 Å². The van der Waals surface area contributed by atoms with Crippen molar-refractivity contribution in [2.24, 2.45) is 0 Å². The van der Waals surface area contributed by atoms with Gasteiger partial charge in [-0.25, -0.2) is 4.98 Å². The molecule has 0 aliphatic heterocycles. The highest BCUT2D eigenvalue weighted by molar-refractivity contribution is 6.31. The Hall–Kier alpha value is -2.08. The molecule has 1 atom stereocenters. The van der Waals surface area contributed by atoms with E-state index in [1.165, 1.54) is 0 Å². The van der Waals surface area contributed by atoms with Crippen LogP contribution in [-0.4, -0.2) is 54.4 Å². The maximum atomic E-state index is 9.15. The number of nitrogens with zero attached hydrogens (tertiary/aromatic N) is 2. The molecule has 1 aromatic heterocycles. The van der Waals surface area contributed by atoms with Crippen molar-refractivity contribution < 1.29 is 9.84 Å². The van der Waals surface area contributed by atoms with E-state index in [1.807, 2.05) is 36.4 Å². The molecule has 29 heavy (non-hydrogen) atoms. The molecule has 5 nitrogen and oxygen atoms in total. The first kappa shape index (κ1) is 21.6. The number of anilines is 1. The first-order valence-corrected chi connectivity index (χ1v) is 10.6. The summed E-state index contributed by atoms with van der Waals surface area (Å²) in [5.41, 5.74) is 2.86. The summed E-state index contributed by atoms with van der Waals surface area (Å²) in [6.07, 6.45) is 2.10. The molecule has 1 heterocycles. The standard InChI is InChI=1S/C23H30ClN3O2/c1-4-27(12-13-28)11-5-6-16(2)25-23-19-9-7-17(24)14-22(19)26-21-10-8-18(29-3)15-20(21)23/h7-10,14-16,28H,4-6,11-13H2,1-3H3,(H,25,26). The fraction of sp³-hybridized carbons (Fsp3) is 0.435. The molecule has 0 amide bonds. The number of ether oxygens (including phenoxy) is 1. The van der Waals surface area contributed by atoms with Crippen LogP contribution in [0.2, 0.25) is 5.02 Å². The molecule has 0 saturated carbocycles. The molecule has 2 aromatic carbocycles. The fourth-order valence-electron chi connectivity index (χ4n) is 3.69. The summed E-state index contributed by atoms with van der Waals surface area (Å²) in [6.45, 7) is 7.23. The Labute approximate surface area is 177 Å². The van der Waals surface area contributed by atoms with Crippen LogP contribution >= 0.6 is 11.6 Å². The van der Waals surface area contributed by atoms with E-state index in [0.29, 0.717) is 11.1 Å². The lowest BCUT2D eigenvalue weighted by atomic mass is 10.1. The molecular weight excluding hydrogens is 386 g/mol. The highest BCUT2D eigenvalue weighted by Crippen LogP contribution is 2.34. The van der Waals surface area contributed by atoms with Crippen molar-refractivity contribution in [3.05, 3.63) is 41.4 Å². The topological polar surface area (TPSA) is 57.6 Å². The zero-order valence-electron chi connectivity index (χ0n) is 17.4. The number of nitrogens with one attached hydrogen (secondary N) is 1. The van der Waals surface area contributed by atoms with Gasteiger partial charge in [0, 0.05) is 28.4 Å². The van der Waals surface area contributed by atoms with E-state index in [0.717, 1.165) is 65.7 Å². The molecule has 0 fully saturated rings. The van der Waals surface area contributed by atoms with E-state index in [1.54, 1.807) is 7.11 Å². The Morgan fingerprint density at radius 1 is 1.14 bits per heavy atom. The Morgan fingerprint density at radius 3 is 2.69 bits per heavy atom. The van der Waals surface area contributed by atoms with Crippen LogP contribution in [0.3, 0.4) is 0 Å². The molecule has 3 aromatic rings. The van der Waals surface area contributed by atoms with Crippen LogP contribution in [0, 0.1) is 0 Å². The van der Waals surface area contributed by atoms with E-state index in [9.17, 15) is 0 Å². The maximum absolute atomic E-state index is 9.15. The summed E-state index contributed by atoms with van der Waals surface area (Å²) < 4.78 is 5.44. The number of fused-ring (bicyclic) bond motifs is 2. The molecule has 3 rings (SSSR count). The van der Waals surface area contributed by atoms with Gasteiger partial charge in [0.1, 0.15) is 5.75 Å². The smallest absolute Gasteiger partial charge is 0.119 e. The number of benzene rings is 2. The molecule has 0 aliphatic rings. The number of halogens is 1. The van der Waals surface area contributed by atoms with Gasteiger partial charge in [-0.2, -0.15) is 0 Å². The number of aliphatic hydroxyl groups is 1. The van der Waals surface area contributed by atoms with E-state index >= 15 is 0 Å². The third-order valence-corrected chi connectivity index (χ3v) is 5.54. The van der Waals surface area contributed by atoms with E-state index in [4.69, 9.17) is 26.4 Å². The average Bonchev–Trinajstić information content (AvgIpc) is 2.72. The van der Waals surface area contributed by atoms with Crippen molar-refractivity contribution in [3.63, 3.8) is 0 Å². The third kappa shape index (κ3) is 5.30. The van der Waals surface area contributed by atoms with Crippen molar-refractivity contribution in [2.45, 2.75) is 32.7 Å². The highest BCUT2D eigenvalue weighted by atomic mass is 35.5. The molecule has 2 N–H and O–H groups in total. The summed E-state index contributed by atoms with van der Waals surface area (Å²) in [4.78, 5) is 7.06. The predicted octanol–water partition coefficient (Wildman–Crippen LogP) is 4.94. The molecule has 0 spiro atoms. The number of hydrogen-bond acceptors (Lipinski definition) is 5. The van der Waals surface area contributed by atoms with Gasteiger partial charge >= 0.3 is 0 Å². The summed E-state index contributed by atoms with van der Waals surface area (Å²) in [5, 5.41) is 15.6. The van der Waals surface area contributed by atoms with Crippen LogP contribution in [0.4, 0.5) is 5.69 Å². The van der Waals surface area contributed by atoms with E-state index in [2.05, 4.69) is 24.1 Å². The molecule has 0 saturated heterocycles. The van der Waals surface area contributed by atoms with Gasteiger partial charge in [0.2, 0.25) is 0 Å². The van der Waals surface area contributed by atoms with E-state index in [-0.39, 0.29) is 6.61 Å². The number of aromatic nitrogens is 1. The highest BCUT2D eigenvalue weighted by Gasteiger charge is 2.13. The van der Waals surface area contributed by atoms with Crippen molar-refractivity contribution in [2.75, 3.05) is 38.7 Å². The maximum Gasteiger partial charge on any atom is 0.119 e. The lowest BCUT2D eigenvalue weighted by Crippen LogP contribution is -2.28. The Balaban J connectivity index is 1.87. The van der Waals surface area contributed by atoms with Crippen LogP contribution in [0.1, 0.15) is 26.7 Å². The number of pyridine rings is 1. The monoisotopic (exact) mass is 415 g/mol. The summed E-state index contributed by atoms with van der Waals surface area (Å²) >= 11 is 6.21. The van der Waals surface area contributed by atoms with Crippen LogP contribution < -0.4 is 10.1 Å². The van der Waals surface area contributed by atoms with Gasteiger partial charge in [-0.05, 0) is 69.3 Å². The fourth-order valence-corrected chi connectivity index (χ4v) is 3.85. The van der Waals surface area contributed by atoms with Gasteiger partial charge in [-0.15, -0.1) is 0 Å². The van der Waals surface area contributed by atoms with Gasteiger partial charge < -0.3 is 20.1 Å². The second-order valence-electron chi connectivity index (χ2n) is 7.38. The molecule has 0 bridgehead atoms. The van der Waals surface area contributed by atoms with Crippen LogP contribution in [0.15, 0.2) is 36.4 Å². The lowest BCUT2D eigenvalue weighted by Gasteiger charge is -2.22. The lowest BCUT2D eigenvalue weighted by molar-refractivity contribution is 0.199. The largest absolute Gasteiger partial charge is 0.497 e. The minimum Gasteiger partial charge on any atom is -0.497 e. The van der Waals surface area contributed by atoms with Gasteiger partial charge in [0.05, 0.1) is 30.4 Å². The van der Waals surface area contributed by atoms with Crippen LogP contribution in [-0.2, 0) is 0 Å². The average molecular weight is 416 g/mol. The van der Waals surface area contributed by atoms with Crippen LogP contribution in [0.5, 0.6) is 5.75 Å².